The van der Waals surface area contributed by atoms with Gasteiger partial charge in [-0.1, -0.05) is 22.0 Å². The fourth-order valence-corrected chi connectivity index (χ4v) is 3.66. The molecule has 1 aromatic carbocycles. The van der Waals surface area contributed by atoms with E-state index >= 15 is 0 Å². The highest BCUT2D eigenvalue weighted by Gasteiger charge is 2.20. The molecule has 0 unspecified atom stereocenters. The first-order valence-electron chi connectivity index (χ1n) is 9.63. The minimum Gasteiger partial charge on any atom is -0.493 e. The van der Waals surface area contributed by atoms with Crippen LogP contribution in [0.15, 0.2) is 28.8 Å². The second-order valence-electron chi connectivity index (χ2n) is 6.78. The van der Waals surface area contributed by atoms with E-state index in [9.17, 15) is 5.11 Å². The average Bonchev–Trinajstić information content (AvgIpc) is 3.20. The summed E-state index contributed by atoms with van der Waals surface area (Å²) in [6, 6.07) is 5.50. The zero-order valence-corrected chi connectivity index (χ0v) is 18.4. The first-order valence-corrected chi connectivity index (χ1v) is 10.4. The van der Waals surface area contributed by atoms with Crippen LogP contribution in [0.5, 0.6) is 11.5 Å². The molecule has 7 heteroatoms. The van der Waals surface area contributed by atoms with Gasteiger partial charge < -0.3 is 28.8 Å². The van der Waals surface area contributed by atoms with Crippen LogP contribution in [0.2, 0.25) is 0 Å². The first-order chi connectivity index (χ1) is 13.5. The zero-order valence-electron chi connectivity index (χ0n) is 16.9. The van der Waals surface area contributed by atoms with E-state index in [0.29, 0.717) is 29.2 Å². The average molecular weight is 459 g/mol. The van der Waals surface area contributed by atoms with Crippen molar-refractivity contribution >= 4 is 15.9 Å². The fourth-order valence-electron chi connectivity index (χ4n) is 3.02. The second kappa shape index (κ2) is 12.4. The number of hydrogen-bond donors (Lipinski definition) is 1. The summed E-state index contributed by atoms with van der Waals surface area (Å²) in [5, 5.41) is 10.7. The summed E-state index contributed by atoms with van der Waals surface area (Å²) in [7, 11) is 3.24. The highest BCUT2D eigenvalue weighted by atomic mass is 79.9. The summed E-state index contributed by atoms with van der Waals surface area (Å²) >= 11 is 3.46. The summed E-state index contributed by atoms with van der Waals surface area (Å²) in [5.74, 6) is 1.34. The van der Waals surface area contributed by atoms with Crippen LogP contribution in [-0.2, 0) is 14.2 Å². The quantitative estimate of drug-likeness (QED) is 0.370. The SMILES string of the molecule is COCCOCO[C@@H](C)/C=C(/Br)[C@@H](O)c1ccc(OC)c(OC2CCCC2)c1. The molecule has 2 rings (SSSR count). The molecule has 1 fully saturated rings. The molecule has 158 valence electrons. The summed E-state index contributed by atoms with van der Waals surface area (Å²) < 4.78 is 27.9. The standard InChI is InChI=1S/C21H31BrO6/c1-15(27-14-26-11-10-24-2)12-18(22)21(23)16-8-9-19(25-3)20(13-16)28-17-6-4-5-7-17/h8-9,12-13,15,17,21,23H,4-7,10-11,14H2,1-3H3/b18-12+/t15-,21-/m0/s1. The van der Waals surface area contributed by atoms with Crippen molar-refractivity contribution in [2.24, 2.45) is 0 Å². The Labute approximate surface area is 175 Å². The van der Waals surface area contributed by atoms with Crippen molar-refractivity contribution in [3.63, 3.8) is 0 Å². The third kappa shape index (κ3) is 7.37. The molecule has 0 spiro atoms. The maximum atomic E-state index is 10.7. The lowest BCUT2D eigenvalue weighted by Gasteiger charge is -2.19. The number of rotatable bonds is 12. The lowest BCUT2D eigenvalue weighted by molar-refractivity contribution is -0.0805. The number of halogens is 1. The van der Waals surface area contributed by atoms with Crippen molar-refractivity contribution in [1.82, 2.24) is 0 Å². The Bertz CT molecular complexity index is 615. The van der Waals surface area contributed by atoms with Crippen LogP contribution in [0, 0.1) is 0 Å². The number of ether oxygens (including phenoxy) is 5. The highest BCUT2D eigenvalue weighted by Crippen LogP contribution is 2.36. The third-order valence-electron chi connectivity index (χ3n) is 4.60. The molecule has 1 saturated carbocycles. The Morgan fingerprint density at radius 3 is 2.64 bits per heavy atom. The van der Waals surface area contributed by atoms with Crippen LogP contribution >= 0.6 is 15.9 Å². The summed E-state index contributed by atoms with van der Waals surface area (Å²) in [6.45, 7) is 3.06. The number of aliphatic hydroxyl groups is 1. The molecular formula is C21H31BrO6. The first kappa shape index (κ1) is 23.2. The molecule has 1 aliphatic rings. The molecule has 1 aliphatic carbocycles. The number of methoxy groups -OCH3 is 2. The van der Waals surface area contributed by atoms with Crippen LogP contribution in [0.1, 0.15) is 44.3 Å². The van der Waals surface area contributed by atoms with Gasteiger partial charge in [-0.15, -0.1) is 0 Å². The topological polar surface area (TPSA) is 66.4 Å². The number of hydrogen-bond acceptors (Lipinski definition) is 6. The van der Waals surface area contributed by atoms with Gasteiger partial charge in [0.25, 0.3) is 0 Å². The van der Waals surface area contributed by atoms with Crippen molar-refractivity contribution < 1.29 is 28.8 Å². The second-order valence-corrected chi connectivity index (χ2v) is 7.70. The lowest BCUT2D eigenvalue weighted by atomic mass is 10.1. The minimum absolute atomic E-state index is 0.166. The molecule has 0 saturated heterocycles. The monoisotopic (exact) mass is 458 g/mol. The molecular weight excluding hydrogens is 428 g/mol. The van der Waals surface area contributed by atoms with Crippen LogP contribution in [0.4, 0.5) is 0 Å². The van der Waals surface area contributed by atoms with Gasteiger partial charge in [0.05, 0.1) is 32.5 Å². The number of benzene rings is 1. The molecule has 6 nitrogen and oxygen atoms in total. The Hall–Kier alpha value is -1.12. The Balaban J connectivity index is 1.97. The van der Waals surface area contributed by atoms with Gasteiger partial charge >= 0.3 is 0 Å². The van der Waals surface area contributed by atoms with E-state index in [4.69, 9.17) is 23.7 Å². The van der Waals surface area contributed by atoms with Crippen LogP contribution in [-0.4, -0.2) is 51.5 Å². The van der Waals surface area contributed by atoms with Gasteiger partial charge in [-0.05, 0) is 56.4 Å². The van der Waals surface area contributed by atoms with E-state index in [-0.39, 0.29) is 19.0 Å². The van der Waals surface area contributed by atoms with E-state index in [1.807, 2.05) is 31.2 Å². The smallest absolute Gasteiger partial charge is 0.161 e. The van der Waals surface area contributed by atoms with Crippen molar-refractivity contribution in [2.45, 2.75) is 50.9 Å². The van der Waals surface area contributed by atoms with Crippen molar-refractivity contribution in [2.75, 3.05) is 34.2 Å². The largest absolute Gasteiger partial charge is 0.493 e. The lowest BCUT2D eigenvalue weighted by Crippen LogP contribution is -2.13. The summed E-state index contributed by atoms with van der Waals surface area (Å²) in [4.78, 5) is 0. The van der Waals surface area contributed by atoms with E-state index in [1.54, 1.807) is 14.2 Å². The Morgan fingerprint density at radius 1 is 1.21 bits per heavy atom. The maximum absolute atomic E-state index is 10.7. The van der Waals surface area contributed by atoms with E-state index in [2.05, 4.69) is 15.9 Å². The molecule has 0 bridgehead atoms. The zero-order chi connectivity index (χ0) is 20.4. The van der Waals surface area contributed by atoms with Gasteiger partial charge in [-0.2, -0.15) is 0 Å². The molecule has 1 N–H and O–H groups in total. The van der Waals surface area contributed by atoms with Crippen LogP contribution < -0.4 is 9.47 Å². The van der Waals surface area contributed by atoms with Gasteiger partial charge in [-0.3, -0.25) is 0 Å². The van der Waals surface area contributed by atoms with E-state index in [0.717, 1.165) is 18.4 Å². The molecule has 0 aromatic heterocycles. The van der Waals surface area contributed by atoms with Crippen LogP contribution in [0.3, 0.4) is 0 Å². The van der Waals surface area contributed by atoms with E-state index in [1.165, 1.54) is 12.8 Å². The molecule has 1 aromatic rings. The third-order valence-corrected chi connectivity index (χ3v) is 5.30. The normalized spacial score (nSPS) is 17.5. The Kier molecular flexibility index (Phi) is 10.3. The molecule has 0 heterocycles. The summed E-state index contributed by atoms with van der Waals surface area (Å²) in [6.07, 6.45) is 5.48. The van der Waals surface area contributed by atoms with Gasteiger partial charge in [-0.25, -0.2) is 0 Å². The minimum atomic E-state index is -0.822. The molecule has 28 heavy (non-hydrogen) atoms. The predicted octanol–water partition coefficient (Wildman–Crippen LogP) is 4.35. The van der Waals surface area contributed by atoms with Gasteiger partial charge in [0.1, 0.15) is 12.9 Å². The van der Waals surface area contributed by atoms with Crippen LogP contribution in [0.25, 0.3) is 0 Å². The van der Waals surface area contributed by atoms with Gasteiger partial charge in [0.15, 0.2) is 11.5 Å². The van der Waals surface area contributed by atoms with Crippen molar-refractivity contribution in [1.29, 1.82) is 0 Å². The molecule has 2 atom stereocenters. The Morgan fingerprint density at radius 2 is 1.96 bits per heavy atom. The van der Waals surface area contributed by atoms with Crippen molar-refractivity contribution in [3.05, 3.63) is 34.3 Å². The maximum Gasteiger partial charge on any atom is 0.161 e. The molecule has 0 radical (unpaired) electrons. The number of aliphatic hydroxyl groups excluding tert-OH is 1. The van der Waals surface area contributed by atoms with E-state index < -0.39 is 6.10 Å². The van der Waals surface area contributed by atoms with Gasteiger partial charge in [0, 0.05) is 11.6 Å². The molecule has 0 amide bonds. The molecule has 0 aliphatic heterocycles. The summed E-state index contributed by atoms with van der Waals surface area (Å²) in [5.41, 5.74) is 0.723. The predicted molar refractivity (Wildman–Crippen MR) is 111 cm³/mol. The van der Waals surface area contributed by atoms with Gasteiger partial charge in [0.2, 0.25) is 0 Å². The highest BCUT2D eigenvalue weighted by molar-refractivity contribution is 9.11. The fraction of sp³-hybridized carbons (Fsp3) is 0.619. The van der Waals surface area contributed by atoms with Crippen molar-refractivity contribution in [3.8, 4) is 11.5 Å².